The predicted molar refractivity (Wildman–Crippen MR) is 79.5 cm³/mol. The largest absolute Gasteiger partial charge is 0.453 e. The number of allylic oxidation sites excluding steroid dienone is 1. The van der Waals surface area contributed by atoms with E-state index in [1.165, 1.54) is 7.11 Å². The van der Waals surface area contributed by atoms with Gasteiger partial charge in [0.05, 0.1) is 12.6 Å². The van der Waals surface area contributed by atoms with Crippen molar-refractivity contribution in [2.75, 3.05) is 13.7 Å². The Hall–Kier alpha value is -2.35. The van der Waals surface area contributed by atoms with Crippen LogP contribution in [0.3, 0.4) is 0 Å². The lowest BCUT2D eigenvalue weighted by atomic mass is 9.95. The summed E-state index contributed by atoms with van der Waals surface area (Å²) in [7, 11) is 1.40. The van der Waals surface area contributed by atoms with Crippen molar-refractivity contribution in [2.45, 2.75) is 32.7 Å². The van der Waals surface area contributed by atoms with Crippen molar-refractivity contribution < 1.29 is 9.53 Å². The number of carbonyl (C=O) groups excluding carboxylic acids is 1. The third-order valence-electron chi connectivity index (χ3n) is 3.69. The molecule has 5 nitrogen and oxygen atoms in total. The van der Waals surface area contributed by atoms with Crippen molar-refractivity contribution in [2.24, 2.45) is 0 Å². The molecule has 5 heteroatoms. The average Bonchev–Trinajstić information content (AvgIpc) is 2.73. The number of aromatic nitrogens is 2. The molecule has 0 unspecified atom stereocenters. The molecule has 0 spiro atoms. The first kappa shape index (κ1) is 15.0. The Balaban J connectivity index is 2.18. The van der Waals surface area contributed by atoms with Gasteiger partial charge in [-0.2, -0.15) is 0 Å². The zero-order valence-electron chi connectivity index (χ0n) is 12.8. The zero-order chi connectivity index (χ0) is 15.5. The van der Waals surface area contributed by atoms with Crippen LogP contribution in [0.5, 0.6) is 0 Å². The number of hydrogen-bond donors (Lipinski definition) is 0. The van der Waals surface area contributed by atoms with Gasteiger partial charge in [-0.05, 0) is 50.8 Å². The second-order valence-corrected chi connectivity index (χ2v) is 5.39. The molecule has 0 saturated carbocycles. The van der Waals surface area contributed by atoms with Crippen LogP contribution in [0, 0.1) is 18.8 Å². The van der Waals surface area contributed by atoms with Crippen molar-refractivity contribution in [1.82, 2.24) is 14.9 Å². The van der Waals surface area contributed by atoms with Gasteiger partial charge < -0.3 is 4.74 Å². The molecule has 0 atom stereocenters. The third-order valence-corrected chi connectivity index (χ3v) is 3.69. The Morgan fingerprint density at radius 3 is 2.95 bits per heavy atom. The molecule has 21 heavy (non-hydrogen) atoms. The topological polar surface area (TPSA) is 55.3 Å². The van der Waals surface area contributed by atoms with Crippen LogP contribution in [-0.2, 0) is 4.74 Å². The molecule has 0 radical (unpaired) electrons. The third kappa shape index (κ3) is 3.22. The molecule has 1 fully saturated rings. The Kier molecular flexibility index (Phi) is 4.27. The molecule has 1 aliphatic heterocycles. The molecule has 0 N–H and O–H groups in total. The van der Waals surface area contributed by atoms with Crippen molar-refractivity contribution in [3.63, 3.8) is 0 Å². The van der Waals surface area contributed by atoms with Crippen LogP contribution in [0.2, 0.25) is 0 Å². The summed E-state index contributed by atoms with van der Waals surface area (Å²) in [6.45, 7) is 6.54. The molecular formula is C16H19N3O2. The SMILES string of the molecule is COC(=O)N1CC/C(=C\C#Cc2nccc(C)n2)C1(C)C. The molecule has 0 bridgehead atoms. The van der Waals surface area contributed by atoms with Crippen LogP contribution in [0.15, 0.2) is 23.9 Å². The van der Waals surface area contributed by atoms with Gasteiger partial charge in [0.1, 0.15) is 0 Å². The molecule has 2 rings (SSSR count). The fourth-order valence-electron chi connectivity index (χ4n) is 2.37. The molecule has 1 aromatic rings. The van der Waals surface area contributed by atoms with Gasteiger partial charge in [-0.25, -0.2) is 14.8 Å². The monoisotopic (exact) mass is 285 g/mol. The fourth-order valence-corrected chi connectivity index (χ4v) is 2.37. The van der Waals surface area contributed by atoms with Gasteiger partial charge in [-0.15, -0.1) is 0 Å². The van der Waals surface area contributed by atoms with E-state index in [1.807, 2.05) is 32.9 Å². The molecule has 1 saturated heterocycles. The Morgan fingerprint density at radius 1 is 1.52 bits per heavy atom. The fraction of sp³-hybridized carbons (Fsp3) is 0.438. The quantitative estimate of drug-likeness (QED) is 0.686. The van der Waals surface area contributed by atoms with Crippen LogP contribution in [0.25, 0.3) is 0 Å². The Morgan fingerprint density at radius 2 is 2.29 bits per heavy atom. The number of hydrogen-bond acceptors (Lipinski definition) is 4. The number of methoxy groups -OCH3 is 1. The van der Waals surface area contributed by atoms with Crippen molar-refractivity contribution in [3.8, 4) is 11.8 Å². The normalized spacial score (nSPS) is 18.3. The lowest BCUT2D eigenvalue weighted by Crippen LogP contribution is -2.43. The Labute approximate surface area is 125 Å². The molecule has 1 aromatic heterocycles. The van der Waals surface area contributed by atoms with E-state index in [0.29, 0.717) is 12.4 Å². The number of rotatable bonds is 0. The van der Waals surface area contributed by atoms with E-state index >= 15 is 0 Å². The lowest BCUT2D eigenvalue weighted by Gasteiger charge is -2.31. The minimum Gasteiger partial charge on any atom is -0.453 e. The highest BCUT2D eigenvalue weighted by Gasteiger charge is 2.40. The maximum atomic E-state index is 11.7. The summed E-state index contributed by atoms with van der Waals surface area (Å²) >= 11 is 0. The molecule has 2 heterocycles. The number of carbonyl (C=O) groups is 1. The summed E-state index contributed by atoms with van der Waals surface area (Å²) in [6, 6.07) is 1.83. The number of likely N-dealkylation sites (tertiary alicyclic amines) is 1. The van der Waals surface area contributed by atoms with E-state index in [1.54, 1.807) is 11.1 Å². The molecule has 0 aromatic carbocycles. The summed E-state index contributed by atoms with van der Waals surface area (Å²) in [5.74, 6) is 6.42. The minimum atomic E-state index is -0.380. The lowest BCUT2D eigenvalue weighted by molar-refractivity contribution is 0.105. The Bertz CT molecular complexity index is 638. The molecule has 1 aliphatic rings. The van der Waals surface area contributed by atoms with Crippen LogP contribution in [-0.4, -0.2) is 40.2 Å². The number of amides is 1. The summed E-state index contributed by atoms with van der Waals surface area (Å²) in [5.41, 5.74) is 1.61. The highest BCUT2D eigenvalue weighted by Crippen LogP contribution is 2.34. The zero-order valence-corrected chi connectivity index (χ0v) is 12.8. The maximum absolute atomic E-state index is 11.7. The molecular weight excluding hydrogens is 266 g/mol. The van der Waals surface area contributed by atoms with E-state index in [9.17, 15) is 4.79 Å². The molecule has 110 valence electrons. The average molecular weight is 285 g/mol. The first-order chi connectivity index (χ1) is 9.95. The second-order valence-electron chi connectivity index (χ2n) is 5.39. The van der Waals surface area contributed by atoms with E-state index in [-0.39, 0.29) is 11.6 Å². The van der Waals surface area contributed by atoms with Crippen LogP contribution < -0.4 is 0 Å². The minimum absolute atomic E-state index is 0.307. The molecule has 1 amide bonds. The van der Waals surface area contributed by atoms with Crippen molar-refractivity contribution in [1.29, 1.82) is 0 Å². The first-order valence-electron chi connectivity index (χ1n) is 6.81. The van der Waals surface area contributed by atoms with Gasteiger partial charge in [0, 0.05) is 18.4 Å². The number of nitrogens with zero attached hydrogens (tertiary/aromatic N) is 3. The van der Waals surface area contributed by atoms with Gasteiger partial charge in [0.25, 0.3) is 0 Å². The van der Waals surface area contributed by atoms with E-state index in [4.69, 9.17) is 4.74 Å². The van der Waals surface area contributed by atoms with Gasteiger partial charge in [0.15, 0.2) is 0 Å². The number of aryl methyl sites for hydroxylation is 1. The maximum Gasteiger partial charge on any atom is 0.410 e. The smallest absolute Gasteiger partial charge is 0.410 e. The molecule has 0 aliphatic carbocycles. The predicted octanol–water partition coefficient (Wildman–Crippen LogP) is 2.31. The summed E-state index contributed by atoms with van der Waals surface area (Å²) in [6.07, 6.45) is 4.04. The van der Waals surface area contributed by atoms with Crippen molar-refractivity contribution >= 4 is 6.09 Å². The van der Waals surface area contributed by atoms with Gasteiger partial charge in [-0.1, -0.05) is 5.92 Å². The van der Waals surface area contributed by atoms with Gasteiger partial charge >= 0.3 is 6.09 Å². The summed E-state index contributed by atoms with van der Waals surface area (Å²) < 4.78 is 4.81. The van der Waals surface area contributed by atoms with Gasteiger partial charge in [-0.3, -0.25) is 4.90 Å². The van der Waals surface area contributed by atoms with Crippen molar-refractivity contribution in [3.05, 3.63) is 35.4 Å². The standard InChI is InChI=1S/C16H19N3O2/c1-12-8-10-17-14(18-12)7-5-6-13-9-11-19(15(20)21-4)16(13,2)3/h6,8,10H,9,11H2,1-4H3/b13-6+. The van der Waals surface area contributed by atoms with E-state index < -0.39 is 0 Å². The van der Waals surface area contributed by atoms with Crippen LogP contribution in [0.1, 0.15) is 31.8 Å². The second kappa shape index (κ2) is 5.96. The van der Waals surface area contributed by atoms with E-state index in [0.717, 1.165) is 17.7 Å². The van der Waals surface area contributed by atoms with Crippen LogP contribution >= 0.6 is 0 Å². The highest BCUT2D eigenvalue weighted by atomic mass is 16.5. The van der Waals surface area contributed by atoms with Crippen LogP contribution in [0.4, 0.5) is 4.79 Å². The highest BCUT2D eigenvalue weighted by molar-refractivity contribution is 5.70. The van der Waals surface area contributed by atoms with Gasteiger partial charge in [0.2, 0.25) is 5.82 Å². The summed E-state index contributed by atoms with van der Waals surface area (Å²) in [4.78, 5) is 21.8. The number of ether oxygens (including phenoxy) is 1. The first-order valence-corrected chi connectivity index (χ1v) is 6.81. The summed E-state index contributed by atoms with van der Waals surface area (Å²) in [5, 5.41) is 0. The van der Waals surface area contributed by atoms with E-state index in [2.05, 4.69) is 21.8 Å².